The van der Waals surface area contributed by atoms with Gasteiger partial charge in [-0.3, -0.25) is 0 Å². The fourth-order valence-corrected chi connectivity index (χ4v) is 3.98. The van der Waals surface area contributed by atoms with E-state index in [0.717, 1.165) is 0 Å². The zero-order valence-corrected chi connectivity index (χ0v) is 11.2. The highest BCUT2D eigenvalue weighted by molar-refractivity contribution is 7.55. The van der Waals surface area contributed by atoms with E-state index in [1.807, 2.05) is 0 Å². The second kappa shape index (κ2) is 6.57. The van der Waals surface area contributed by atoms with Gasteiger partial charge in [-0.25, -0.2) is 0 Å². The molecule has 0 bridgehead atoms. The molecule has 0 unspecified atom stereocenters. The fraction of sp³-hybridized carbons (Fsp3) is 0.250. The molecule has 1 heteroatoms. The van der Waals surface area contributed by atoms with Crippen LogP contribution in [0.25, 0.3) is 0 Å². The molecule has 17 heavy (non-hydrogen) atoms. The highest BCUT2D eigenvalue weighted by Crippen LogP contribution is 2.42. The van der Waals surface area contributed by atoms with Crippen molar-refractivity contribution in [3.05, 3.63) is 71.8 Å². The maximum Gasteiger partial charge on any atom is -0.00702 e. The molecule has 2 aromatic rings. The van der Waals surface area contributed by atoms with Gasteiger partial charge in [0.25, 0.3) is 0 Å². The molecule has 0 aromatic heterocycles. The van der Waals surface area contributed by atoms with Gasteiger partial charge in [0, 0.05) is 0 Å². The molecule has 0 N–H and O–H groups in total. The Morgan fingerprint density at radius 3 is 1.47 bits per heavy atom. The minimum atomic E-state index is 0.0890. The van der Waals surface area contributed by atoms with Crippen molar-refractivity contribution in [3.8, 4) is 0 Å². The van der Waals surface area contributed by atoms with Crippen molar-refractivity contribution in [2.24, 2.45) is 0 Å². The number of hydrogen-bond acceptors (Lipinski definition) is 0. The van der Waals surface area contributed by atoms with Gasteiger partial charge in [-0.2, -0.15) is 0 Å². The second-order valence-electron chi connectivity index (χ2n) is 4.27. The monoisotopic (exact) mass is 242 g/mol. The SMILES string of the molecule is CCP(Cc1ccccc1)Cc1ccccc1. The van der Waals surface area contributed by atoms with Gasteiger partial charge in [0.2, 0.25) is 0 Å². The highest BCUT2D eigenvalue weighted by Gasteiger charge is 2.07. The Morgan fingerprint density at radius 1 is 0.706 bits per heavy atom. The summed E-state index contributed by atoms with van der Waals surface area (Å²) < 4.78 is 0. The van der Waals surface area contributed by atoms with Gasteiger partial charge in [-0.15, -0.1) is 0 Å². The molecule has 2 rings (SSSR count). The van der Waals surface area contributed by atoms with E-state index in [4.69, 9.17) is 0 Å². The van der Waals surface area contributed by atoms with E-state index in [1.165, 1.54) is 29.6 Å². The van der Waals surface area contributed by atoms with Crippen LogP contribution in [-0.2, 0) is 12.3 Å². The molecule has 0 aliphatic carbocycles. The third-order valence-electron chi connectivity index (χ3n) is 2.95. The Morgan fingerprint density at radius 2 is 1.12 bits per heavy atom. The van der Waals surface area contributed by atoms with E-state index in [0.29, 0.717) is 0 Å². The van der Waals surface area contributed by atoms with E-state index in [9.17, 15) is 0 Å². The van der Waals surface area contributed by atoms with Gasteiger partial charge in [0.05, 0.1) is 0 Å². The van der Waals surface area contributed by atoms with E-state index >= 15 is 0 Å². The Balaban J connectivity index is 1.98. The average molecular weight is 242 g/mol. The minimum absolute atomic E-state index is 0.0890. The van der Waals surface area contributed by atoms with Gasteiger partial charge >= 0.3 is 0 Å². The molecule has 0 heterocycles. The Kier molecular flexibility index (Phi) is 4.76. The first-order valence-corrected chi connectivity index (χ1v) is 8.08. The van der Waals surface area contributed by atoms with Gasteiger partial charge in [-0.1, -0.05) is 75.5 Å². The van der Waals surface area contributed by atoms with Crippen molar-refractivity contribution in [1.82, 2.24) is 0 Å². The molecule has 0 radical (unpaired) electrons. The lowest BCUT2D eigenvalue weighted by Gasteiger charge is -2.15. The predicted molar refractivity (Wildman–Crippen MR) is 77.8 cm³/mol. The van der Waals surface area contributed by atoms with E-state index in [1.54, 1.807) is 0 Å². The summed E-state index contributed by atoms with van der Waals surface area (Å²) >= 11 is 0. The molecule has 0 aliphatic heterocycles. The molecule has 0 nitrogen and oxygen atoms in total. The summed E-state index contributed by atoms with van der Waals surface area (Å²) in [6.07, 6.45) is 3.81. The molecular weight excluding hydrogens is 223 g/mol. The van der Waals surface area contributed by atoms with Crippen LogP contribution in [0.2, 0.25) is 0 Å². The molecule has 0 fully saturated rings. The minimum Gasteiger partial charge on any atom is -0.0980 e. The summed E-state index contributed by atoms with van der Waals surface area (Å²) in [5.41, 5.74) is 2.97. The fourth-order valence-electron chi connectivity index (χ4n) is 1.96. The quantitative estimate of drug-likeness (QED) is 0.655. The summed E-state index contributed by atoms with van der Waals surface area (Å²) in [5.74, 6) is 0. The van der Waals surface area contributed by atoms with Crippen molar-refractivity contribution < 1.29 is 0 Å². The van der Waals surface area contributed by atoms with Crippen molar-refractivity contribution >= 4 is 7.92 Å². The maximum atomic E-state index is 2.32. The molecule has 0 atom stereocenters. The average Bonchev–Trinajstić information content (AvgIpc) is 2.40. The summed E-state index contributed by atoms with van der Waals surface area (Å²) in [6.45, 7) is 2.32. The molecule has 0 spiro atoms. The third kappa shape index (κ3) is 3.98. The van der Waals surface area contributed by atoms with Crippen LogP contribution in [0.15, 0.2) is 60.7 Å². The summed E-state index contributed by atoms with van der Waals surface area (Å²) in [4.78, 5) is 0. The predicted octanol–water partition coefficient (Wildman–Crippen LogP) is 4.89. The zero-order valence-electron chi connectivity index (χ0n) is 10.3. The van der Waals surface area contributed by atoms with Crippen LogP contribution in [0.5, 0.6) is 0 Å². The van der Waals surface area contributed by atoms with Gasteiger partial charge in [0.1, 0.15) is 0 Å². The summed E-state index contributed by atoms with van der Waals surface area (Å²) in [6, 6.07) is 21.7. The Labute approximate surface area is 105 Å². The lowest BCUT2D eigenvalue weighted by molar-refractivity contribution is 1.28. The lowest BCUT2D eigenvalue weighted by Crippen LogP contribution is -1.91. The van der Waals surface area contributed by atoms with E-state index in [2.05, 4.69) is 67.6 Å². The van der Waals surface area contributed by atoms with Crippen molar-refractivity contribution in [2.75, 3.05) is 6.16 Å². The number of hydrogen-bond donors (Lipinski definition) is 0. The Hall–Kier alpha value is -1.13. The molecule has 0 saturated carbocycles. The number of benzene rings is 2. The topological polar surface area (TPSA) is 0 Å². The first-order valence-electron chi connectivity index (χ1n) is 6.18. The van der Waals surface area contributed by atoms with Gasteiger partial charge < -0.3 is 0 Å². The zero-order chi connectivity index (χ0) is 11.9. The van der Waals surface area contributed by atoms with Crippen LogP contribution in [0, 0.1) is 0 Å². The van der Waals surface area contributed by atoms with E-state index in [-0.39, 0.29) is 7.92 Å². The summed E-state index contributed by atoms with van der Waals surface area (Å²) in [7, 11) is 0.0890. The highest BCUT2D eigenvalue weighted by atomic mass is 31.1. The first-order chi connectivity index (χ1) is 8.38. The Bertz CT molecular complexity index is 380. The van der Waals surface area contributed by atoms with Crippen LogP contribution in [-0.4, -0.2) is 6.16 Å². The molecule has 0 saturated heterocycles. The van der Waals surface area contributed by atoms with Crippen LogP contribution in [0.4, 0.5) is 0 Å². The summed E-state index contributed by atoms with van der Waals surface area (Å²) in [5, 5.41) is 0. The third-order valence-corrected chi connectivity index (χ3v) is 5.46. The molecular formula is C16H19P. The van der Waals surface area contributed by atoms with Gasteiger partial charge in [0.15, 0.2) is 0 Å². The lowest BCUT2D eigenvalue weighted by atomic mass is 10.2. The van der Waals surface area contributed by atoms with Crippen LogP contribution < -0.4 is 0 Å². The normalized spacial score (nSPS) is 10.7. The molecule has 2 aromatic carbocycles. The standard InChI is InChI=1S/C16H19P/c1-2-17(13-15-9-5-3-6-10-15)14-16-11-7-4-8-12-16/h3-12H,2,13-14H2,1H3. The first kappa shape index (κ1) is 12.3. The van der Waals surface area contributed by atoms with E-state index < -0.39 is 0 Å². The smallest absolute Gasteiger partial charge is 0.00702 e. The second-order valence-corrected chi connectivity index (χ2v) is 6.88. The molecule has 0 aliphatic rings. The number of rotatable bonds is 5. The van der Waals surface area contributed by atoms with Crippen LogP contribution >= 0.6 is 7.92 Å². The van der Waals surface area contributed by atoms with Gasteiger partial charge in [-0.05, 0) is 29.6 Å². The van der Waals surface area contributed by atoms with Crippen LogP contribution in [0.1, 0.15) is 18.1 Å². The molecule has 88 valence electrons. The largest absolute Gasteiger partial charge is 0.0980 e. The van der Waals surface area contributed by atoms with Crippen molar-refractivity contribution in [1.29, 1.82) is 0 Å². The van der Waals surface area contributed by atoms with Crippen molar-refractivity contribution in [3.63, 3.8) is 0 Å². The van der Waals surface area contributed by atoms with Crippen LogP contribution in [0.3, 0.4) is 0 Å². The maximum absolute atomic E-state index is 2.32. The molecule has 0 amide bonds. The van der Waals surface area contributed by atoms with Crippen molar-refractivity contribution in [2.45, 2.75) is 19.2 Å².